The highest BCUT2D eigenvalue weighted by molar-refractivity contribution is 5.65. The van der Waals surface area contributed by atoms with Crippen LogP contribution < -0.4 is 5.69 Å². The highest BCUT2D eigenvalue weighted by atomic mass is 16.1. The average Bonchev–Trinajstić information content (AvgIpc) is 2.41. The predicted octanol–water partition coefficient (Wildman–Crippen LogP) is 2.52. The van der Waals surface area contributed by atoms with Gasteiger partial charge < -0.3 is 4.57 Å². The van der Waals surface area contributed by atoms with Gasteiger partial charge in [-0.2, -0.15) is 10.2 Å². The van der Waals surface area contributed by atoms with E-state index in [2.05, 4.69) is 24.9 Å². The van der Waals surface area contributed by atoms with Crippen LogP contribution in [0, 0.1) is 17.2 Å². The van der Waals surface area contributed by atoms with Crippen molar-refractivity contribution < 1.29 is 0 Å². The number of hydrogen-bond donors (Lipinski definition) is 0. The van der Waals surface area contributed by atoms with Crippen LogP contribution in [0.2, 0.25) is 0 Å². The number of aromatic nitrogens is 2. The Morgan fingerprint density at radius 3 is 2.50 bits per heavy atom. The molecule has 0 radical (unpaired) electrons. The Labute approximate surface area is 118 Å². The lowest BCUT2D eigenvalue weighted by molar-refractivity contribution is 0.647. The molecule has 0 bridgehead atoms. The molecule has 0 spiro atoms. The lowest BCUT2D eigenvalue weighted by atomic mass is 10.00. The molecule has 0 amide bonds. The largest absolute Gasteiger partial charge is 0.347 e. The van der Waals surface area contributed by atoms with Crippen LogP contribution in [0.15, 0.2) is 35.3 Å². The zero-order valence-corrected chi connectivity index (χ0v) is 11.9. The van der Waals surface area contributed by atoms with Gasteiger partial charge in [0.1, 0.15) is 6.07 Å². The van der Waals surface area contributed by atoms with Crippen molar-refractivity contribution in [3.8, 4) is 17.3 Å². The Hall–Kier alpha value is -2.41. The summed E-state index contributed by atoms with van der Waals surface area (Å²) in [4.78, 5) is 15.6. The first-order valence-corrected chi connectivity index (χ1v) is 6.58. The smallest absolute Gasteiger partial charge is 0.301 e. The van der Waals surface area contributed by atoms with Gasteiger partial charge in [-0.25, -0.2) is 4.79 Å². The second-order valence-corrected chi connectivity index (χ2v) is 5.30. The van der Waals surface area contributed by atoms with Gasteiger partial charge >= 0.3 is 5.69 Å². The maximum Gasteiger partial charge on any atom is 0.347 e. The summed E-state index contributed by atoms with van der Waals surface area (Å²) in [5, 5.41) is 9.16. The van der Waals surface area contributed by atoms with Gasteiger partial charge in [0.05, 0.1) is 11.3 Å². The molecule has 0 aliphatic carbocycles. The lowest BCUT2D eigenvalue weighted by Gasteiger charge is -2.08. The number of hydrogen-bond acceptors (Lipinski definition) is 3. The van der Waals surface area contributed by atoms with E-state index in [1.54, 1.807) is 7.05 Å². The van der Waals surface area contributed by atoms with E-state index in [-0.39, 0.29) is 5.69 Å². The molecule has 0 unspecified atom stereocenters. The van der Waals surface area contributed by atoms with Crippen LogP contribution >= 0.6 is 0 Å². The van der Waals surface area contributed by atoms with E-state index in [0.717, 1.165) is 12.0 Å². The molecule has 4 heteroatoms. The van der Waals surface area contributed by atoms with Gasteiger partial charge in [-0.1, -0.05) is 38.1 Å². The summed E-state index contributed by atoms with van der Waals surface area (Å²) in [5.74, 6) is 0.595. The van der Waals surface area contributed by atoms with Crippen molar-refractivity contribution in [1.82, 2.24) is 9.55 Å². The Morgan fingerprint density at radius 1 is 1.30 bits per heavy atom. The lowest BCUT2D eigenvalue weighted by Crippen LogP contribution is -2.20. The number of aryl methyl sites for hydroxylation is 1. The molecule has 20 heavy (non-hydrogen) atoms. The van der Waals surface area contributed by atoms with Crippen LogP contribution in [0.3, 0.4) is 0 Å². The second-order valence-electron chi connectivity index (χ2n) is 5.30. The molecule has 1 heterocycles. The van der Waals surface area contributed by atoms with Gasteiger partial charge in [0, 0.05) is 18.8 Å². The van der Waals surface area contributed by atoms with Crippen LogP contribution in [0.25, 0.3) is 11.3 Å². The van der Waals surface area contributed by atoms with Crippen molar-refractivity contribution in [1.29, 1.82) is 5.26 Å². The Balaban J connectivity index is 2.44. The van der Waals surface area contributed by atoms with E-state index in [4.69, 9.17) is 5.26 Å². The second kappa shape index (κ2) is 5.70. The van der Waals surface area contributed by atoms with E-state index >= 15 is 0 Å². The van der Waals surface area contributed by atoms with Gasteiger partial charge in [0.2, 0.25) is 0 Å². The molecule has 2 rings (SSSR count). The highest BCUT2D eigenvalue weighted by Gasteiger charge is 2.09. The van der Waals surface area contributed by atoms with E-state index in [1.165, 1.54) is 16.3 Å². The first-order chi connectivity index (χ1) is 9.51. The molecule has 4 nitrogen and oxygen atoms in total. The summed E-state index contributed by atoms with van der Waals surface area (Å²) >= 11 is 0. The Bertz CT molecular complexity index is 706. The third-order valence-electron chi connectivity index (χ3n) is 3.08. The number of benzene rings is 1. The summed E-state index contributed by atoms with van der Waals surface area (Å²) in [6.45, 7) is 4.34. The van der Waals surface area contributed by atoms with Gasteiger partial charge in [-0.15, -0.1) is 0 Å². The van der Waals surface area contributed by atoms with E-state index < -0.39 is 0 Å². The number of nitriles is 1. The van der Waals surface area contributed by atoms with Gasteiger partial charge in [0.25, 0.3) is 0 Å². The van der Waals surface area contributed by atoms with Crippen molar-refractivity contribution in [2.75, 3.05) is 0 Å². The molecule has 102 valence electrons. The summed E-state index contributed by atoms with van der Waals surface area (Å²) in [6, 6.07) is 9.97. The fourth-order valence-electron chi connectivity index (χ4n) is 2.12. The zero-order valence-electron chi connectivity index (χ0n) is 11.9. The van der Waals surface area contributed by atoms with Crippen molar-refractivity contribution in [2.24, 2.45) is 13.0 Å². The summed E-state index contributed by atoms with van der Waals surface area (Å²) in [6.07, 6.45) is 2.53. The molecule has 0 aliphatic heterocycles. The minimum absolute atomic E-state index is 0.356. The fourth-order valence-corrected chi connectivity index (χ4v) is 2.12. The maximum atomic E-state index is 11.6. The molecule has 0 fully saturated rings. The molecule has 1 aromatic carbocycles. The quantitative estimate of drug-likeness (QED) is 0.858. The third-order valence-corrected chi connectivity index (χ3v) is 3.08. The highest BCUT2D eigenvalue weighted by Crippen LogP contribution is 2.20. The molecule has 0 atom stereocenters. The van der Waals surface area contributed by atoms with Crippen LogP contribution in [0.1, 0.15) is 25.0 Å². The van der Waals surface area contributed by atoms with Gasteiger partial charge in [-0.05, 0) is 17.9 Å². The first kappa shape index (κ1) is 14.0. The first-order valence-electron chi connectivity index (χ1n) is 6.58. The van der Waals surface area contributed by atoms with Crippen molar-refractivity contribution in [2.45, 2.75) is 20.3 Å². The van der Waals surface area contributed by atoms with E-state index in [9.17, 15) is 4.79 Å². The topological polar surface area (TPSA) is 58.7 Å². The standard InChI is InChI=1S/C16H17N3O/c1-11(2)8-12-4-6-13(7-5-12)15-14(9-17)10-19(3)16(20)18-15/h4-7,10-11H,8H2,1-3H3. The van der Waals surface area contributed by atoms with Crippen molar-refractivity contribution in [3.63, 3.8) is 0 Å². The number of nitrogens with zero attached hydrogens (tertiary/aromatic N) is 3. The van der Waals surface area contributed by atoms with Crippen LogP contribution in [-0.2, 0) is 13.5 Å². The molecular formula is C16H17N3O. The van der Waals surface area contributed by atoms with Gasteiger partial charge in [0.15, 0.2) is 0 Å². The molecule has 0 aliphatic rings. The monoisotopic (exact) mass is 267 g/mol. The summed E-state index contributed by atoms with van der Waals surface area (Å²) in [5.41, 5.74) is 2.54. The summed E-state index contributed by atoms with van der Waals surface area (Å²) in [7, 11) is 1.59. The van der Waals surface area contributed by atoms with Crippen molar-refractivity contribution in [3.05, 3.63) is 52.1 Å². The van der Waals surface area contributed by atoms with Gasteiger partial charge in [-0.3, -0.25) is 0 Å². The van der Waals surface area contributed by atoms with E-state index in [1.807, 2.05) is 24.3 Å². The minimum atomic E-state index is -0.356. The molecular weight excluding hydrogens is 250 g/mol. The van der Waals surface area contributed by atoms with Crippen LogP contribution in [0.5, 0.6) is 0 Å². The van der Waals surface area contributed by atoms with Crippen molar-refractivity contribution >= 4 is 0 Å². The molecule has 0 saturated heterocycles. The van der Waals surface area contributed by atoms with Crippen LogP contribution in [0.4, 0.5) is 0 Å². The van der Waals surface area contributed by atoms with E-state index in [0.29, 0.717) is 17.2 Å². The molecule has 0 N–H and O–H groups in total. The van der Waals surface area contributed by atoms with Crippen LogP contribution in [-0.4, -0.2) is 9.55 Å². The average molecular weight is 267 g/mol. The SMILES string of the molecule is CC(C)Cc1ccc(-c2nc(=O)n(C)cc2C#N)cc1. The summed E-state index contributed by atoms with van der Waals surface area (Å²) < 4.78 is 1.31. The normalized spacial score (nSPS) is 10.6. The predicted molar refractivity (Wildman–Crippen MR) is 78.2 cm³/mol. The zero-order chi connectivity index (χ0) is 14.7. The third kappa shape index (κ3) is 2.94. The molecule has 2 aromatic rings. The Morgan fingerprint density at radius 2 is 1.95 bits per heavy atom. The minimum Gasteiger partial charge on any atom is -0.301 e. The fraction of sp³-hybridized carbons (Fsp3) is 0.312. The molecule has 1 aromatic heterocycles. The maximum absolute atomic E-state index is 11.6. The Kier molecular flexibility index (Phi) is 3.99. The molecule has 0 saturated carbocycles. The number of rotatable bonds is 3.